The fraction of sp³-hybridized carbons (Fsp3) is 0.500. The standard InChI is InChI=1S/C18H26N2O5/c1-10-8-12(15(19)21)9-11(2)13(10)6-7-14(16(22)23)20-17(24)25-18(3,4)5/h8-9,14H,6-7H2,1-5H3,(H2,19,21)(H,20,24)(H,22,23)/t14-/m0/s1. The lowest BCUT2D eigenvalue weighted by atomic mass is 9.94. The number of carboxylic acid groups (broad SMARTS) is 1. The first kappa shape index (κ1) is 20.5. The summed E-state index contributed by atoms with van der Waals surface area (Å²) >= 11 is 0. The molecule has 1 atom stereocenters. The zero-order valence-corrected chi connectivity index (χ0v) is 15.3. The summed E-state index contributed by atoms with van der Waals surface area (Å²) in [6.07, 6.45) is -0.132. The van der Waals surface area contributed by atoms with Gasteiger partial charge >= 0.3 is 12.1 Å². The molecule has 0 spiro atoms. The largest absolute Gasteiger partial charge is 0.480 e. The van der Waals surface area contributed by atoms with Crippen LogP contribution in [0.2, 0.25) is 0 Å². The molecule has 2 amide bonds. The van der Waals surface area contributed by atoms with E-state index in [2.05, 4.69) is 5.32 Å². The Hall–Kier alpha value is -2.57. The van der Waals surface area contributed by atoms with E-state index in [0.29, 0.717) is 12.0 Å². The van der Waals surface area contributed by atoms with Crippen LogP contribution in [0.3, 0.4) is 0 Å². The second-order valence-corrected chi connectivity index (χ2v) is 7.03. The molecule has 0 aromatic heterocycles. The number of alkyl carbamates (subject to hydrolysis) is 1. The molecule has 0 saturated heterocycles. The van der Waals surface area contributed by atoms with Crippen LogP contribution in [-0.2, 0) is 16.0 Å². The molecule has 1 rings (SSSR count). The van der Waals surface area contributed by atoms with Gasteiger partial charge in [-0.05, 0) is 76.3 Å². The van der Waals surface area contributed by atoms with Crippen molar-refractivity contribution in [3.8, 4) is 0 Å². The van der Waals surface area contributed by atoms with Gasteiger partial charge in [0.1, 0.15) is 11.6 Å². The highest BCUT2D eigenvalue weighted by Crippen LogP contribution is 2.19. The van der Waals surface area contributed by atoms with Crippen LogP contribution in [0.4, 0.5) is 4.79 Å². The van der Waals surface area contributed by atoms with Crippen LogP contribution in [0.5, 0.6) is 0 Å². The van der Waals surface area contributed by atoms with Gasteiger partial charge in [0.25, 0.3) is 0 Å². The first-order chi connectivity index (χ1) is 11.4. The molecule has 0 unspecified atom stereocenters. The van der Waals surface area contributed by atoms with Crippen molar-refractivity contribution >= 4 is 18.0 Å². The van der Waals surface area contributed by atoms with Gasteiger partial charge in [0.05, 0.1) is 0 Å². The van der Waals surface area contributed by atoms with Crippen LogP contribution in [0, 0.1) is 13.8 Å². The van der Waals surface area contributed by atoms with Crippen molar-refractivity contribution in [2.45, 2.75) is 59.1 Å². The first-order valence-corrected chi connectivity index (χ1v) is 8.03. The van der Waals surface area contributed by atoms with Gasteiger partial charge in [-0.3, -0.25) is 4.79 Å². The topological polar surface area (TPSA) is 119 Å². The lowest BCUT2D eigenvalue weighted by Crippen LogP contribution is -2.43. The van der Waals surface area contributed by atoms with Crippen LogP contribution in [0.25, 0.3) is 0 Å². The molecule has 138 valence electrons. The van der Waals surface area contributed by atoms with Crippen LogP contribution in [0.15, 0.2) is 12.1 Å². The molecule has 0 fully saturated rings. The zero-order valence-electron chi connectivity index (χ0n) is 15.3. The maximum absolute atomic E-state index is 11.8. The number of amides is 2. The van der Waals surface area contributed by atoms with Crippen LogP contribution >= 0.6 is 0 Å². The summed E-state index contributed by atoms with van der Waals surface area (Å²) in [6, 6.07) is 2.30. The highest BCUT2D eigenvalue weighted by molar-refractivity contribution is 5.93. The molecule has 4 N–H and O–H groups in total. The number of aryl methyl sites for hydroxylation is 2. The third-order valence-electron chi connectivity index (χ3n) is 3.65. The molecule has 25 heavy (non-hydrogen) atoms. The van der Waals surface area contributed by atoms with E-state index in [9.17, 15) is 19.5 Å². The quantitative estimate of drug-likeness (QED) is 0.727. The summed E-state index contributed by atoms with van der Waals surface area (Å²) in [5.41, 5.74) is 7.65. The molecule has 0 bridgehead atoms. The number of primary amides is 1. The minimum absolute atomic E-state index is 0.201. The molecule has 0 aliphatic carbocycles. The van der Waals surface area contributed by atoms with Crippen molar-refractivity contribution < 1.29 is 24.2 Å². The van der Waals surface area contributed by atoms with Gasteiger partial charge in [-0.15, -0.1) is 0 Å². The predicted molar refractivity (Wildman–Crippen MR) is 93.5 cm³/mol. The molecule has 0 heterocycles. The normalized spacial score (nSPS) is 12.4. The Bertz CT molecular complexity index is 654. The van der Waals surface area contributed by atoms with Crippen molar-refractivity contribution in [1.82, 2.24) is 5.32 Å². The maximum Gasteiger partial charge on any atom is 0.408 e. The lowest BCUT2D eigenvalue weighted by Gasteiger charge is -2.22. The number of rotatable bonds is 6. The maximum atomic E-state index is 11.8. The van der Waals surface area contributed by atoms with E-state index in [-0.39, 0.29) is 6.42 Å². The second-order valence-electron chi connectivity index (χ2n) is 7.03. The summed E-state index contributed by atoms with van der Waals surface area (Å²) in [7, 11) is 0. The Morgan fingerprint density at radius 1 is 1.20 bits per heavy atom. The highest BCUT2D eigenvalue weighted by Gasteiger charge is 2.24. The zero-order chi connectivity index (χ0) is 19.4. The molecule has 0 aliphatic heterocycles. The van der Waals surface area contributed by atoms with Crippen molar-refractivity contribution in [3.05, 3.63) is 34.4 Å². The fourth-order valence-corrected chi connectivity index (χ4v) is 2.53. The Balaban J connectivity index is 2.84. The van der Waals surface area contributed by atoms with E-state index in [1.807, 2.05) is 13.8 Å². The van der Waals surface area contributed by atoms with Crippen LogP contribution in [-0.4, -0.2) is 34.7 Å². The Labute approximate surface area is 147 Å². The van der Waals surface area contributed by atoms with E-state index in [4.69, 9.17) is 10.5 Å². The predicted octanol–water partition coefficient (Wildman–Crippen LogP) is 2.31. The van der Waals surface area contributed by atoms with Gasteiger partial charge in [0.15, 0.2) is 0 Å². The van der Waals surface area contributed by atoms with Crippen LogP contribution in [0.1, 0.15) is 54.2 Å². The Morgan fingerprint density at radius 3 is 2.12 bits per heavy atom. The van der Waals surface area contributed by atoms with Crippen molar-refractivity contribution in [2.24, 2.45) is 5.73 Å². The number of carbonyl (C=O) groups excluding carboxylic acids is 2. The van der Waals surface area contributed by atoms with Crippen molar-refractivity contribution in [3.63, 3.8) is 0 Å². The summed E-state index contributed by atoms with van der Waals surface area (Å²) in [5, 5.41) is 11.7. The average Bonchev–Trinajstić information content (AvgIpc) is 2.42. The van der Waals surface area contributed by atoms with Gasteiger partial charge in [0, 0.05) is 5.56 Å². The minimum Gasteiger partial charge on any atom is -0.480 e. The number of carboxylic acids is 1. The molecule has 7 heteroatoms. The number of hydrogen-bond donors (Lipinski definition) is 3. The molecule has 1 aromatic carbocycles. The Kier molecular flexibility index (Phi) is 6.55. The third kappa shape index (κ3) is 6.45. The number of benzene rings is 1. The van der Waals surface area contributed by atoms with E-state index in [0.717, 1.165) is 16.7 Å². The van der Waals surface area contributed by atoms with E-state index in [1.54, 1.807) is 32.9 Å². The molecular weight excluding hydrogens is 324 g/mol. The first-order valence-electron chi connectivity index (χ1n) is 8.03. The number of aliphatic carboxylic acids is 1. The second kappa shape index (κ2) is 8.00. The summed E-state index contributed by atoms with van der Waals surface area (Å²) < 4.78 is 5.10. The number of nitrogens with one attached hydrogen (secondary N) is 1. The molecule has 7 nitrogen and oxygen atoms in total. The molecule has 0 saturated carbocycles. The van der Waals surface area contributed by atoms with E-state index in [1.165, 1.54) is 0 Å². The van der Waals surface area contributed by atoms with Crippen molar-refractivity contribution in [2.75, 3.05) is 0 Å². The highest BCUT2D eigenvalue weighted by atomic mass is 16.6. The fourth-order valence-electron chi connectivity index (χ4n) is 2.53. The molecule has 1 aromatic rings. The summed E-state index contributed by atoms with van der Waals surface area (Å²) in [4.78, 5) is 34.5. The molecule has 0 aliphatic rings. The van der Waals surface area contributed by atoms with Gasteiger partial charge < -0.3 is 20.9 Å². The number of nitrogens with two attached hydrogens (primary N) is 1. The average molecular weight is 350 g/mol. The SMILES string of the molecule is Cc1cc(C(N)=O)cc(C)c1CC[C@H](NC(=O)OC(C)(C)C)C(=O)O. The van der Waals surface area contributed by atoms with E-state index >= 15 is 0 Å². The Morgan fingerprint density at radius 2 is 1.72 bits per heavy atom. The van der Waals surface area contributed by atoms with Crippen molar-refractivity contribution in [1.29, 1.82) is 0 Å². The van der Waals surface area contributed by atoms with Gasteiger partial charge in [-0.1, -0.05) is 0 Å². The third-order valence-corrected chi connectivity index (χ3v) is 3.65. The number of ether oxygens (including phenoxy) is 1. The molecule has 0 radical (unpaired) electrons. The number of carbonyl (C=O) groups is 3. The van der Waals surface area contributed by atoms with Gasteiger partial charge in [0.2, 0.25) is 5.91 Å². The van der Waals surface area contributed by atoms with Crippen LogP contribution < -0.4 is 11.1 Å². The monoisotopic (exact) mass is 350 g/mol. The summed E-state index contributed by atoms with van der Waals surface area (Å²) in [5.74, 6) is -1.64. The van der Waals surface area contributed by atoms with Gasteiger partial charge in [-0.25, -0.2) is 9.59 Å². The molecular formula is C18H26N2O5. The van der Waals surface area contributed by atoms with E-state index < -0.39 is 29.6 Å². The number of hydrogen-bond acceptors (Lipinski definition) is 4. The smallest absolute Gasteiger partial charge is 0.408 e. The lowest BCUT2D eigenvalue weighted by molar-refractivity contribution is -0.139. The summed E-state index contributed by atoms with van der Waals surface area (Å²) in [6.45, 7) is 8.79. The van der Waals surface area contributed by atoms with Gasteiger partial charge in [-0.2, -0.15) is 0 Å². The minimum atomic E-state index is -1.13.